The average Bonchev–Trinajstić information content (AvgIpc) is 3.17. The number of nitrogens with zero attached hydrogens (tertiary/aromatic N) is 4. The third-order valence-corrected chi connectivity index (χ3v) is 7.90. The van der Waals surface area contributed by atoms with Crippen molar-refractivity contribution in [2.24, 2.45) is 5.41 Å². The molecule has 0 spiro atoms. The molecule has 5 rings (SSSR count). The van der Waals surface area contributed by atoms with Crippen LogP contribution in [0.15, 0.2) is 42.5 Å². The number of hydrogen-bond donors (Lipinski definition) is 1. The lowest BCUT2D eigenvalue weighted by atomic mass is 9.68. The average molecular weight is 500 g/mol. The second-order valence-corrected chi connectivity index (χ2v) is 9.98. The molecular weight excluding hydrogens is 476 g/mol. The van der Waals surface area contributed by atoms with Crippen molar-refractivity contribution in [3.63, 3.8) is 0 Å². The summed E-state index contributed by atoms with van der Waals surface area (Å²) >= 11 is 0. The van der Waals surface area contributed by atoms with Gasteiger partial charge in [0.15, 0.2) is 0 Å². The highest BCUT2D eigenvalue weighted by Crippen LogP contribution is 2.67. The molecule has 1 fully saturated rings. The summed E-state index contributed by atoms with van der Waals surface area (Å²) in [6, 6.07) is 9.26. The van der Waals surface area contributed by atoms with Crippen LogP contribution in [0, 0.1) is 17.0 Å². The molecule has 2 heterocycles. The van der Waals surface area contributed by atoms with Crippen LogP contribution in [0.25, 0.3) is 11.3 Å². The zero-order valence-corrected chi connectivity index (χ0v) is 19.7. The lowest BCUT2D eigenvalue weighted by Gasteiger charge is -2.41. The summed E-state index contributed by atoms with van der Waals surface area (Å²) in [5.41, 5.74) is -0.330. The number of carbonyl (C=O) groups is 1. The Morgan fingerprint density at radius 2 is 1.83 bits per heavy atom. The van der Waals surface area contributed by atoms with Crippen molar-refractivity contribution in [1.82, 2.24) is 20.1 Å². The molecule has 36 heavy (non-hydrogen) atoms. The summed E-state index contributed by atoms with van der Waals surface area (Å²) in [4.78, 5) is 18.1. The molecule has 1 aromatic carbocycles. The van der Waals surface area contributed by atoms with Gasteiger partial charge in [0, 0.05) is 18.0 Å². The molecule has 3 aromatic rings. The number of alkyl halides is 2. The monoisotopic (exact) mass is 500 g/mol. The smallest absolute Gasteiger partial charge is 0.272 e. The maximum absolute atomic E-state index is 14.4. The van der Waals surface area contributed by atoms with Gasteiger partial charge in [0.1, 0.15) is 17.3 Å². The van der Waals surface area contributed by atoms with Gasteiger partial charge in [-0.1, -0.05) is 26.0 Å². The van der Waals surface area contributed by atoms with E-state index in [-0.39, 0.29) is 35.3 Å². The van der Waals surface area contributed by atoms with Gasteiger partial charge in [0.25, 0.3) is 12.3 Å². The highest BCUT2D eigenvalue weighted by atomic mass is 19.3. The molecule has 2 aliphatic rings. The summed E-state index contributed by atoms with van der Waals surface area (Å²) in [7, 11) is 0. The standard InChI is InChI=1S/C26H24F4N4O2/c1-25(2)15-9-10-26(25,13-34(12-20(29)30)24(36)18-7-4-8-21(35)31-18)23-14(15)11-19(32-33-23)22-16(27)5-3-6-17(22)28/h3-8,11,15,20H,9-10,12-13H2,1-2H3,(H,31,35)/t15-,26-/m0/s1. The van der Waals surface area contributed by atoms with Crippen molar-refractivity contribution < 1.29 is 27.5 Å². The van der Waals surface area contributed by atoms with Crippen molar-refractivity contribution >= 4 is 5.91 Å². The van der Waals surface area contributed by atoms with Crippen LogP contribution in [0.4, 0.5) is 17.6 Å². The molecule has 0 unspecified atom stereocenters. The summed E-state index contributed by atoms with van der Waals surface area (Å²) in [6.07, 6.45) is -1.51. The van der Waals surface area contributed by atoms with Gasteiger partial charge < -0.3 is 10.0 Å². The van der Waals surface area contributed by atoms with Gasteiger partial charge in [-0.25, -0.2) is 22.5 Å². The fraction of sp³-hybridized carbons (Fsp3) is 0.385. The van der Waals surface area contributed by atoms with Crippen LogP contribution in [-0.4, -0.2) is 50.6 Å². The van der Waals surface area contributed by atoms with Crippen LogP contribution in [0.1, 0.15) is 54.4 Å². The van der Waals surface area contributed by atoms with Crippen LogP contribution in [0.5, 0.6) is 5.88 Å². The molecule has 6 nitrogen and oxygen atoms in total. The summed E-state index contributed by atoms with van der Waals surface area (Å²) in [6.45, 7) is 3.10. The molecule has 1 saturated carbocycles. The van der Waals surface area contributed by atoms with Gasteiger partial charge >= 0.3 is 0 Å². The minimum Gasteiger partial charge on any atom is -0.493 e. The second-order valence-electron chi connectivity index (χ2n) is 9.98. The predicted octanol–water partition coefficient (Wildman–Crippen LogP) is 5.08. The van der Waals surface area contributed by atoms with Gasteiger partial charge in [0.2, 0.25) is 5.88 Å². The largest absolute Gasteiger partial charge is 0.493 e. The number of amides is 1. The fourth-order valence-corrected chi connectivity index (χ4v) is 6.06. The van der Waals surface area contributed by atoms with Crippen LogP contribution < -0.4 is 0 Å². The first kappa shape index (κ1) is 24.1. The molecular formula is C26H24F4N4O2. The van der Waals surface area contributed by atoms with Crippen molar-refractivity contribution in [3.8, 4) is 17.1 Å². The van der Waals surface area contributed by atoms with Crippen molar-refractivity contribution in [2.45, 2.75) is 44.4 Å². The Labute approximate surface area is 205 Å². The molecule has 2 aromatic heterocycles. The second kappa shape index (κ2) is 8.53. The van der Waals surface area contributed by atoms with E-state index < -0.39 is 41.3 Å². The Hall–Kier alpha value is -3.56. The minimum atomic E-state index is -2.79. The number of rotatable bonds is 6. The Morgan fingerprint density at radius 1 is 1.14 bits per heavy atom. The molecule has 188 valence electrons. The van der Waals surface area contributed by atoms with Crippen molar-refractivity contribution in [1.29, 1.82) is 0 Å². The number of pyridine rings is 1. The van der Waals surface area contributed by atoms with E-state index >= 15 is 0 Å². The lowest BCUT2D eigenvalue weighted by Crippen LogP contribution is -2.49. The van der Waals surface area contributed by atoms with E-state index in [2.05, 4.69) is 15.2 Å². The number of hydrogen-bond acceptors (Lipinski definition) is 5. The third-order valence-electron chi connectivity index (χ3n) is 7.90. The van der Waals surface area contributed by atoms with E-state index in [0.29, 0.717) is 18.5 Å². The van der Waals surface area contributed by atoms with E-state index in [9.17, 15) is 27.5 Å². The topological polar surface area (TPSA) is 79.2 Å². The van der Waals surface area contributed by atoms with Gasteiger partial charge in [-0.15, -0.1) is 0 Å². The SMILES string of the molecule is CC1(C)[C@H]2CC[C@]1(CN(CC(F)F)C(=O)c1cccc(O)n1)c1nnc(-c3c(F)cccc3F)cc12. The van der Waals surface area contributed by atoms with E-state index in [1.807, 2.05) is 13.8 Å². The fourth-order valence-electron chi connectivity index (χ4n) is 6.06. The molecule has 1 N–H and O–H groups in total. The zero-order valence-electron chi connectivity index (χ0n) is 19.7. The van der Waals surface area contributed by atoms with Gasteiger partial charge in [-0.3, -0.25) is 4.79 Å². The molecule has 0 radical (unpaired) electrons. The van der Waals surface area contributed by atoms with Gasteiger partial charge in [-0.05, 0) is 54.0 Å². The predicted molar refractivity (Wildman–Crippen MR) is 123 cm³/mol. The maximum atomic E-state index is 14.4. The molecule has 1 amide bonds. The van der Waals surface area contributed by atoms with Crippen LogP contribution >= 0.6 is 0 Å². The Bertz CT molecular complexity index is 1330. The van der Waals surface area contributed by atoms with E-state index in [4.69, 9.17) is 0 Å². The molecule has 2 aliphatic carbocycles. The number of fused-ring (bicyclic) bond motifs is 5. The van der Waals surface area contributed by atoms with Gasteiger partial charge in [0.05, 0.1) is 23.5 Å². The number of halogens is 4. The molecule has 2 atom stereocenters. The lowest BCUT2D eigenvalue weighted by molar-refractivity contribution is 0.0399. The van der Waals surface area contributed by atoms with Crippen LogP contribution in [0.3, 0.4) is 0 Å². The first-order chi connectivity index (χ1) is 17.0. The van der Waals surface area contributed by atoms with Crippen LogP contribution in [0.2, 0.25) is 0 Å². The van der Waals surface area contributed by atoms with Gasteiger partial charge in [-0.2, -0.15) is 10.2 Å². The number of aromatic nitrogens is 3. The van der Waals surface area contributed by atoms with E-state index in [1.165, 1.54) is 24.3 Å². The summed E-state index contributed by atoms with van der Waals surface area (Å²) < 4.78 is 56.0. The Kier molecular flexibility index (Phi) is 5.72. The summed E-state index contributed by atoms with van der Waals surface area (Å²) in [5.74, 6) is -2.69. The highest BCUT2D eigenvalue weighted by molar-refractivity contribution is 5.92. The first-order valence-corrected chi connectivity index (χ1v) is 11.6. The van der Waals surface area contributed by atoms with E-state index in [0.717, 1.165) is 22.6 Å². The Morgan fingerprint density at radius 3 is 2.50 bits per heavy atom. The minimum absolute atomic E-state index is 0.0565. The van der Waals surface area contributed by atoms with Crippen molar-refractivity contribution in [2.75, 3.05) is 13.1 Å². The molecule has 10 heteroatoms. The number of aromatic hydroxyl groups is 1. The first-order valence-electron chi connectivity index (χ1n) is 11.6. The quantitative estimate of drug-likeness (QED) is 0.478. The normalized spacial score (nSPS) is 21.6. The highest BCUT2D eigenvalue weighted by Gasteiger charge is 2.64. The maximum Gasteiger partial charge on any atom is 0.272 e. The van der Waals surface area contributed by atoms with Crippen molar-refractivity contribution in [3.05, 3.63) is 71.1 Å². The van der Waals surface area contributed by atoms with Crippen LogP contribution in [-0.2, 0) is 5.41 Å². The van der Waals surface area contributed by atoms with E-state index in [1.54, 1.807) is 6.07 Å². The number of benzene rings is 1. The summed E-state index contributed by atoms with van der Waals surface area (Å²) in [5, 5.41) is 18.2. The molecule has 0 saturated heterocycles. The zero-order chi connectivity index (χ0) is 25.8. The third kappa shape index (κ3) is 3.61. The Balaban J connectivity index is 1.57. The molecule has 0 aliphatic heterocycles. The molecule has 2 bridgehead atoms. The number of carbonyl (C=O) groups excluding carboxylic acids is 1.